The first kappa shape index (κ1) is 20.5. The first-order chi connectivity index (χ1) is 12.7. The van der Waals surface area contributed by atoms with Gasteiger partial charge in [-0.25, -0.2) is 4.79 Å². The molecule has 27 heavy (non-hydrogen) atoms. The Morgan fingerprint density at radius 2 is 1.81 bits per heavy atom. The molecule has 0 spiro atoms. The van der Waals surface area contributed by atoms with Gasteiger partial charge in [0.05, 0.1) is 33.3 Å². The van der Waals surface area contributed by atoms with Crippen LogP contribution in [0, 0.1) is 10.1 Å². The summed E-state index contributed by atoms with van der Waals surface area (Å²) in [5.41, 5.74) is -0.290. The number of carbonyl (C=O) groups is 2. The number of nitro benzene ring substituents is 1. The van der Waals surface area contributed by atoms with Gasteiger partial charge >= 0.3 is 11.7 Å². The Labute approximate surface area is 164 Å². The van der Waals surface area contributed by atoms with E-state index in [-0.39, 0.29) is 27.0 Å². The molecule has 0 aliphatic carbocycles. The van der Waals surface area contributed by atoms with Gasteiger partial charge in [-0.15, -0.1) is 0 Å². The van der Waals surface area contributed by atoms with E-state index in [0.29, 0.717) is 0 Å². The minimum Gasteiger partial charge on any atom is -0.474 e. The Morgan fingerprint density at radius 3 is 2.37 bits per heavy atom. The highest BCUT2D eigenvalue weighted by molar-refractivity contribution is 6.39. The van der Waals surface area contributed by atoms with E-state index in [1.54, 1.807) is 18.2 Å². The number of benzene rings is 2. The second-order valence-electron chi connectivity index (χ2n) is 5.28. The predicted octanol–water partition coefficient (Wildman–Crippen LogP) is 4.09. The molecule has 0 unspecified atom stereocenters. The molecule has 0 aromatic heterocycles. The summed E-state index contributed by atoms with van der Waals surface area (Å²) in [6.07, 6.45) is -1.11. The lowest BCUT2D eigenvalue weighted by Gasteiger charge is -2.16. The number of ether oxygens (including phenoxy) is 2. The number of methoxy groups -OCH3 is 1. The fourth-order valence-electron chi connectivity index (χ4n) is 2.09. The van der Waals surface area contributed by atoms with Crippen LogP contribution in [0.5, 0.6) is 5.75 Å². The molecule has 142 valence electrons. The van der Waals surface area contributed by atoms with Gasteiger partial charge in [-0.1, -0.05) is 29.3 Å². The Bertz CT molecular complexity index is 883. The third kappa shape index (κ3) is 4.87. The van der Waals surface area contributed by atoms with Crippen LogP contribution in [0.4, 0.5) is 11.4 Å². The van der Waals surface area contributed by atoms with Gasteiger partial charge in [-0.2, -0.15) is 0 Å². The van der Waals surface area contributed by atoms with Crippen LogP contribution in [0.25, 0.3) is 0 Å². The fourth-order valence-corrected chi connectivity index (χ4v) is 2.58. The van der Waals surface area contributed by atoms with E-state index in [2.05, 4.69) is 10.1 Å². The van der Waals surface area contributed by atoms with Crippen molar-refractivity contribution in [2.75, 3.05) is 12.4 Å². The molecule has 2 rings (SSSR count). The maximum Gasteiger partial charge on any atom is 0.338 e. The summed E-state index contributed by atoms with van der Waals surface area (Å²) in [5.74, 6) is -1.53. The van der Waals surface area contributed by atoms with Crippen molar-refractivity contribution in [2.24, 2.45) is 0 Å². The zero-order valence-electron chi connectivity index (χ0n) is 14.2. The molecular weight excluding hydrogens is 399 g/mol. The van der Waals surface area contributed by atoms with Gasteiger partial charge in [0.2, 0.25) is 0 Å². The average Bonchev–Trinajstić information content (AvgIpc) is 2.64. The van der Waals surface area contributed by atoms with Gasteiger partial charge in [0.1, 0.15) is 0 Å². The largest absolute Gasteiger partial charge is 0.474 e. The molecule has 8 nitrogen and oxygen atoms in total. The van der Waals surface area contributed by atoms with Crippen LogP contribution in [-0.2, 0) is 9.53 Å². The summed E-state index contributed by atoms with van der Waals surface area (Å²) in [7, 11) is 1.16. The Balaban J connectivity index is 2.21. The lowest BCUT2D eigenvalue weighted by atomic mass is 10.2. The normalized spacial score (nSPS) is 11.4. The van der Waals surface area contributed by atoms with Crippen molar-refractivity contribution < 1.29 is 24.0 Å². The van der Waals surface area contributed by atoms with E-state index in [9.17, 15) is 19.7 Å². The summed E-state index contributed by atoms with van der Waals surface area (Å²) < 4.78 is 9.92. The number of amides is 1. The molecule has 0 saturated heterocycles. The highest BCUT2D eigenvalue weighted by Crippen LogP contribution is 2.31. The van der Waals surface area contributed by atoms with E-state index in [1.165, 1.54) is 19.1 Å². The maximum atomic E-state index is 12.3. The van der Waals surface area contributed by atoms with Crippen molar-refractivity contribution in [1.29, 1.82) is 0 Å². The monoisotopic (exact) mass is 412 g/mol. The minimum absolute atomic E-state index is 0.0171. The van der Waals surface area contributed by atoms with Crippen LogP contribution < -0.4 is 10.1 Å². The van der Waals surface area contributed by atoms with Crippen molar-refractivity contribution in [3.63, 3.8) is 0 Å². The van der Waals surface area contributed by atoms with Crippen LogP contribution in [-0.4, -0.2) is 30.0 Å². The number of hydrogen-bond donors (Lipinski definition) is 1. The molecule has 0 fully saturated rings. The average molecular weight is 413 g/mol. The topological polar surface area (TPSA) is 108 Å². The maximum absolute atomic E-state index is 12.3. The summed E-state index contributed by atoms with van der Waals surface area (Å²) >= 11 is 12.0. The molecule has 2 aromatic carbocycles. The van der Waals surface area contributed by atoms with Crippen LogP contribution >= 0.6 is 23.2 Å². The first-order valence-corrected chi connectivity index (χ1v) is 8.28. The molecule has 0 radical (unpaired) electrons. The molecule has 0 aliphatic heterocycles. The van der Waals surface area contributed by atoms with E-state index in [4.69, 9.17) is 27.9 Å². The van der Waals surface area contributed by atoms with Crippen molar-refractivity contribution in [2.45, 2.75) is 13.0 Å². The lowest BCUT2D eigenvalue weighted by molar-refractivity contribution is -0.386. The smallest absolute Gasteiger partial charge is 0.338 e. The number of esters is 1. The van der Waals surface area contributed by atoms with E-state index >= 15 is 0 Å². The number of rotatable bonds is 6. The fraction of sp³-hybridized carbons (Fsp3) is 0.176. The summed E-state index contributed by atoms with van der Waals surface area (Å²) in [4.78, 5) is 34.4. The van der Waals surface area contributed by atoms with Crippen molar-refractivity contribution >= 4 is 46.5 Å². The highest BCUT2D eigenvalue weighted by atomic mass is 35.5. The van der Waals surface area contributed by atoms with Gasteiger partial charge in [-0.3, -0.25) is 14.9 Å². The van der Waals surface area contributed by atoms with Crippen LogP contribution in [0.2, 0.25) is 10.0 Å². The third-order valence-corrected chi connectivity index (χ3v) is 4.09. The quantitative estimate of drug-likeness (QED) is 0.434. The molecule has 0 saturated carbocycles. The van der Waals surface area contributed by atoms with Gasteiger partial charge < -0.3 is 14.8 Å². The number of para-hydroxylation sites is 1. The second-order valence-corrected chi connectivity index (χ2v) is 6.09. The Kier molecular flexibility index (Phi) is 6.59. The van der Waals surface area contributed by atoms with E-state index in [1.807, 2.05) is 0 Å². The Hall–Kier alpha value is -2.84. The van der Waals surface area contributed by atoms with Gasteiger partial charge in [0.25, 0.3) is 5.91 Å². The predicted molar refractivity (Wildman–Crippen MR) is 99.6 cm³/mol. The molecule has 10 heteroatoms. The molecule has 1 N–H and O–H groups in total. The molecule has 1 atom stereocenters. The zero-order valence-corrected chi connectivity index (χ0v) is 15.7. The minimum atomic E-state index is -1.11. The van der Waals surface area contributed by atoms with Gasteiger partial charge in [0, 0.05) is 6.07 Å². The number of halogens is 2. The van der Waals surface area contributed by atoms with Crippen molar-refractivity contribution in [3.05, 3.63) is 62.1 Å². The summed E-state index contributed by atoms with van der Waals surface area (Å²) in [6.45, 7) is 1.40. The van der Waals surface area contributed by atoms with Gasteiger partial charge in [-0.05, 0) is 31.2 Å². The summed E-state index contributed by atoms with van der Waals surface area (Å²) in [5, 5.41) is 14.2. The molecule has 2 aromatic rings. The van der Waals surface area contributed by atoms with Crippen LogP contribution in [0.15, 0.2) is 36.4 Å². The van der Waals surface area contributed by atoms with Gasteiger partial charge in [0.15, 0.2) is 11.9 Å². The second kappa shape index (κ2) is 8.70. The third-order valence-electron chi connectivity index (χ3n) is 3.46. The number of nitro groups is 1. The van der Waals surface area contributed by atoms with Crippen LogP contribution in [0.1, 0.15) is 17.3 Å². The SMILES string of the molecule is COC(=O)c1ccc(O[C@H](C)C(=O)Nc2c(Cl)cccc2Cl)c([N+](=O)[O-])c1. The van der Waals surface area contributed by atoms with E-state index < -0.39 is 28.6 Å². The Morgan fingerprint density at radius 1 is 1.19 bits per heavy atom. The number of carbonyl (C=O) groups excluding carboxylic acids is 2. The molecule has 0 heterocycles. The summed E-state index contributed by atoms with van der Waals surface area (Å²) in [6, 6.07) is 8.24. The number of nitrogens with one attached hydrogen (secondary N) is 1. The van der Waals surface area contributed by atoms with Crippen molar-refractivity contribution in [3.8, 4) is 5.75 Å². The van der Waals surface area contributed by atoms with Crippen molar-refractivity contribution in [1.82, 2.24) is 0 Å². The highest BCUT2D eigenvalue weighted by Gasteiger charge is 2.24. The standard InChI is InChI=1S/C17H14Cl2N2O6/c1-9(16(22)20-15-11(18)4-3-5-12(15)19)27-14-7-6-10(17(23)26-2)8-13(14)21(24)25/h3-9H,1-2H3,(H,20,22)/t9-/m1/s1. The number of nitrogens with zero attached hydrogens (tertiary/aromatic N) is 1. The molecular formula is C17H14Cl2N2O6. The van der Waals surface area contributed by atoms with Crippen LogP contribution in [0.3, 0.4) is 0 Å². The molecule has 1 amide bonds. The lowest BCUT2D eigenvalue weighted by Crippen LogP contribution is -2.30. The first-order valence-electron chi connectivity index (χ1n) is 7.53. The zero-order chi connectivity index (χ0) is 20.1. The number of anilines is 1. The van der Waals surface area contributed by atoms with E-state index in [0.717, 1.165) is 13.2 Å². The molecule has 0 bridgehead atoms. The molecule has 0 aliphatic rings. The number of hydrogen-bond acceptors (Lipinski definition) is 6.